The summed E-state index contributed by atoms with van der Waals surface area (Å²) in [6.07, 6.45) is 2.34. The molecule has 0 atom stereocenters. The molecule has 0 spiro atoms. The summed E-state index contributed by atoms with van der Waals surface area (Å²) < 4.78 is 2.60. The number of rotatable bonds is 6. The van der Waals surface area contributed by atoms with Gasteiger partial charge in [0.2, 0.25) is 0 Å². The molecule has 0 unspecified atom stereocenters. The number of aryl methyl sites for hydroxylation is 1. The van der Waals surface area contributed by atoms with Gasteiger partial charge in [0.15, 0.2) is 0 Å². The minimum atomic E-state index is -1.31. The molecule has 0 radical (unpaired) electrons. The standard InChI is InChI=1S/C27H24N4O7S5/c1-5-13(9-16-28(3)14-8-12(2)6-7-15(14)40-16)19-23(37)30(10-17(32)33)26(41-19)21-24(38)31(11-18(34)35)25(42-21)20-22(36)29(4)27(39)43-20/h6-9H,5,10-11H2,1-4H3,(H,32,33)(H,34,35)/b16-9?,19-13+,25-20+,26-21+. The second kappa shape index (κ2) is 11.9. The van der Waals surface area contributed by atoms with Gasteiger partial charge in [0.1, 0.15) is 36.2 Å². The molecule has 0 aliphatic carbocycles. The van der Waals surface area contributed by atoms with E-state index in [1.54, 1.807) is 11.8 Å². The Labute approximate surface area is 265 Å². The molecule has 0 saturated carbocycles. The van der Waals surface area contributed by atoms with Gasteiger partial charge in [0, 0.05) is 19.0 Å². The molecular weight excluding hydrogens is 653 g/mol. The predicted octanol–water partition coefficient (Wildman–Crippen LogP) is 2.14. The Kier molecular flexibility index (Phi) is 8.59. The maximum Gasteiger partial charge on any atom is 0.323 e. The highest BCUT2D eigenvalue weighted by molar-refractivity contribution is 8.30. The third-order valence-corrected chi connectivity index (χ3v) is 12.1. The van der Waals surface area contributed by atoms with Crippen LogP contribution in [0.4, 0.5) is 5.69 Å². The summed E-state index contributed by atoms with van der Waals surface area (Å²) in [5.41, 5.74) is 1.48. The van der Waals surface area contributed by atoms with Crippen LogP contribution in [0.25, 0.3) is 10.5 Å². The summed E-state index contributed by atoms with van der Waals surface area (Å²) in [7, 11) is 3.41. The molecule has 4 heterocycles. The number of allylic oxidation sites excluding steroid dienone is 1. The second-order valence-electron chi connectivity index (χ2n) is 9.60. The van der Waals surface area contributed by atoms with Crippen LogP contribution in [-0.2, 0) is 27.5 Å². The maximum absolute atomic E-state index is 13.7. The Morgan fingerprint density at radius 3 is 2.16 bits per heavy atom. The lowest BCUT2D eigenvalue weighted by Gasteiger charge is -2.14. The number of hydrogen-bond donors (Lipinski definition) is 2. The number of nitrogens with zero attached hydrogens (tertiary/aromatic N) is 4. The number of carboxylic acids is 2. The number of thioether (sulfide) groups is 2. The van der Waals surface area contributed by atoms with Gasteiger partial charge in [-0.15, -0.1) is 22.7 Å². The van der Waals surface area contributed by atoms with Crippen LogP contribution in [0, 0.1) is 16.1 Å². The highest BCUT2D eigenvalue weighted by Gasteiger charge is 2.32. The number of fused-ring (bicyclic) bond motifs is 1. The molecule has 0 bridgehead atoms. The first-order chi connectivity index (χ1) is 20.3. The van der Waals surface area contributed by atoms with Crippen LogP contribution < -0.4 is 25.2 Å². The number of thiocarbonyl (C=S) groups is 1. The summed E-state index contributed by atoms with van der Waals surface area (Å²) in [4.78, 5) is 68.2. The number of thiazole rings is 2. The van der Waals surface area contributed by atoms with Crippen molar-refractivity contribution in [1.82, 2.24) is 14.0 Å². The van der Waals surface area contributed by atoms with Crippen molar-refractivity contribution in [2.45, 2.75) is 38.3 Å². The number of aromatic nitrogens is 2. The normalized spacial score (nSPS) is 18.6. The summed E-state index contributed by atoms with van der Waals surface area (Å²) in [6.45, 7) is 2.45. The van der Waals surface area contributed by atoms with Gasteiger partial charge in [0.05, 0.1) is 15.2 Å². The van der Waals surface area contributed by atoms with Crippen LogP contribution >= 0.6 is 58.4 Å². The van der Waals surface area contributed by atoms with E-state index in [1.165, 1.54) is 11.9 Å². The lowest BCUT2D eigenvalue weighted by Crippen LogP contribution is -2.32. The predicted molar refractivity (Wildman–Crippen MR) is 173 cm³/mol. The van der Waals surface area contributed by atoms with Crippen LogP contribution in [0.1, 0.15) is 18.9 Å². The molecule has 1 aromatic carbocycles. The van der Waals surface area contributed by atoms with E-state index in [1.807, 2.05) is 44.0 Å². The zero-order chi connectivity index (χ0) is 31.3. The van der Waals surface area contributed by atoms with E-state index < -0.39 is 42.1 Å². The summed E-state index contributed by atoms with van der Waals surface area (Å²) in [6, 6.07) is 6.13. The average Bonchev–Trinajstić information content (AvgIpc) is 3.62. The van der Waals surface area contributed by atoms with Gasteiger partial charge in [-0.1, -0.05) is 48.7 Å². The van der Waals surface area contributed by atoms with Crippen molar-refractivity contribution in [2.24, 2.45) is 0 Å². The molecule has 16 heteroatoms. The Balaban J connectivity index is 1.85. The van der Waals surface area contributed by atoms with Crippen LogP contribution in [0.15, 0.2) is 43.8 Å². The number of aliphatic carboxylic acids is 2. The van der Waals surface area contributed by atoms with Crippen LogP contribution in [-0.4, -0.2) is 60.5 Å². The summed E-state index contributed by atoms with van der Waals surface area (Å²) in [5, 5.41) is 20.1. The highest BCUT2D eigenvalue weighted by atomic mass is 32.2. The van der Waals surface area contributed by atoms with E-state index in [0.717, 1.165) is 64.7 Å². The number of carboxylic acid groups (broad SMARTS) is 2. The van der Waals surface area contributed by atoms with Crippen LogP contribution in [0.5, 0.6) is 0 Å². The number of anilines is 1. The number of amides is 1. The molecule has 1 fully saturated rings. The van der Waals surface area contributed by atoms with Crippen molar-refractivity contribution in [3.8, 4) is 0 Å². The Morgan fingerprint density at radius 1 is 0.930 bits per heavy atom. The van der Waals surface area contributed by atoms with Crippen LogP contribution in [0.2, 0.25) is 0 Å². The van der Waals surface area contributed by atoms with E-state index in [-0.39, 0.29) is 27.6 Å². The molecule has 2 aromatic heterocycles. The SMILES string of the molecule is CC/C(C=C1Sc2ccc(C)cc2N1C)=c1\s/c(=c2/s/c(=C3/SC(=S)N(C)C3=O)n(CC(=O)O)c2=O)n(CC(=O)O)c1=O. The molecule has 1 saturated heterocycles. The van der Waals surface area contributed by atoms with Crippen molar-refractivity contribution < 1.29 is 24.6 Å². The molecule has 2 aliphatic heterocycles. The first-order valence-corrected chi connectivity index (χ1v) is 16.4. The second-order valence-corrected chi connectivity index (χ2v) is 14.3. The lowest BCUT2D eigenvalue weighted by atomic mass is 10.2. The quantitative estimate of drug-likeness (QED) is 0.371. The fraction of sp³-hybridized carbons (Fsp3) is 0.259. The molecule has 43 heavy (non-hydrogen) atoms. The Morgan fingerprint density at radius 2 is 1.58 bits per heavy atom. The summed E-state index contributed by atoms with van der Waals surface area (Å²) in [5.74, 6) is -3.08. The fourth-order valence-electron chi connectivity index (χ4n) is 4.50. The van der Waals surface area contributed by atoms with E-state index in [9.17, 15) is 34.2 Å². The minimum absolute atomic E-state index is 0.0365. The monoisotopic (exact) mass is 676 g/mol. The van der Waals surface area contributed by atoms with Gasteiger partial charge in [-0.05, 0) is 42.7 Å². The van der Waals surface area contributed by atoms with E-state index in [0.29, 0.717) is 12.0 Å². The smallest absolute Gasteiger partial charge is 0.323 e. The first kappa shape index (κ1) is 31.0. The van der Waals surface area contributed by atoms with Crippen molar-refractivity contribution in [1.29, 1.82) is 0 Å². The van der Waals surface area contributed by atoms with Crippen molar-refractivity contribution in [2.75, 3.05) is 19.0 Å². The third kappa shape index (κ3) is 5.64. The molecule has 11 nitrogen and oxygen atoms in total. The van der Waals surface area contributed by atoms with E-state index >= 15 is 0 Å². The molecule has 5 rings (SSSR count). The summed E-state index contributed by atoms with van der Waals surface area (Å²) >= 11 is 9.52. The fourth-order valence-corrected chi connectivity index (χ4v) is 9.44. The molecule has 3 aromatic rings. The first-order valence-electron chi connectivity index (χ1n) is 12.7. The molecule has 2 N–H and O–H groups in total. The maximum atomic E-state index is 13.7. The highest BCUT2D eigenvalue weighted by Crippen LogP contribution is 2.45. The van der Waals surface area contributed by atoms with Gasteiger partial charge in [0.25, 0.3) is 17.0 Å². The van der Waals surface area contributed by atoms with Gasteiger partial charge < -0.3 is 15.1 Å². The van der Waals surface area contributed by atoms with Crippen LogP contribution in [0.3, 0.4) is 0 Å². The number of carbonyl (C=O) groups excluding carboxylic acids is 1. The molecular formula is C27H24N4O7S5. The zero-order valence-corrected chi connectivity index (χ0v) is 27.3. The van der Waals surface area contributed by atoms with Crippen molar-refractivity contribution in [3.63, 3.8) is 0 Å². The van der Waals surface area contributed by atoms with E-state index in [2.05, 4.69) is 6.07 Å². The topological polar surface area (TPSA) is 142 Å². The molecule has 2 aliphatic rings. The molecule has 1 amide bonds. The lowest BCUT2D eigenvalue weighted by molar-refractivity contribution is -0.138. The number of benzene rings is 1. The van der Waals surface area contributed by atoms with Gasteiger partial charge in [-0.3, -0.25) is 38.0 Å². The number of carbonyl (C=O) groups is 3. The minimum Gasteiger partial charge on any atom is -0.480 e. The Bertz CT molecular complexity index is 2120. The van der Waals surface area contributed by atoms with Crippen molar-refractivity contribution in [3.05, 3.63) is 74.0 Å². The van der Waals surface area contributed by atoms with E-state index in [4.69, 9.17) is 12.2 Å². The van der Waals surface area contributed by atoms with Gasteiger partial charge in [-0.2, -0.15) is 0 Å². The zero-order valence-electron chi connectivity index (χ0n) is 23.2. The van der Waals surface area contributed by atoms with Gasteiger partial charge in [-0.25, -0.2) is 0 Å². The number of hydrogen-bond acceptors (Lipinski definition) is 11. The van der Waals surface area contributed by atoms with Crippen molar-refractivity contribution >= 4 is 96.7 Å². The van der Waals surface area contributed by atoms with Gasteiger partial charge >= 0.3 is 11.9 Å². The molecule has 224 valence electrons. The largest absolute Gasteiger partial charge is 0.480 e. The average molecular weight is 677 g/mol. The Hall–Kier alpha value is -3.44. The third-order valence-electron chi connectivity index (χ3n) is 6.70.